The lowest BCUT2D eigenvalue weighted by molar-refractivity contribution is -0.150. The number of carbonyl (C=O) groups excluding carboxylic acids is 1. The highest BCUT2D eigenvalue weighted by atomic mass is 16.5. The molecule has 1 aromatic rings. The standard InChI is InChI=1S/C14H19NO4/c1-9(2)11-4-6-12(7-5-11)15-13(16)8-19-10(3)14(17)18/h4-7,9-10H,8H2,1-3H3,(H,15,16)(H,17,18)/t10-/m0/s1. The number of benzene rings is 1. The smallest absolute Gasteiger partial charge is 0.332 e. The van der Waals surface area contributed by atoms with Crippen LogP contribution in [0.1, 0.15) is 32.3 Å². The van der Waals surface area contributed by atoms with Gasteiger partial charge in [-0.1, -0.05) is 26.0 Å². The second-order valence-electron chi connectivity index (χ2n) is 4.62. The van der Waals surface area contributed by atoms with Crippen LogP contribution in [0.4, 0.5) is 5.69 Å². The molecule has 0 fully saturated rings. The van der Waals surface area contributed by atoms with E-state index >= 15 is 0 Å². The normalized spacial score (nSPS) is 12.2. The lowest BCUT2D eigenvalue weighted by atomic mass is 10.0. The summed E-state index contributed by atoms with van der Waals surface area (Å²) >= 11 is 0. The third kappa shape index (κ3) is 5.09. The number of carboxylic acids is 1. The Labute approximate surface area is 112 Å². The summed E-state index contributed by atoms with van der Waals surface area (Å²) in [5, 5.41) is 11.3. The average Bonchev–Trinajstić information content (AvgIpc) is 2.36. The van der Waals surface area contributed by atoms with E-state index in [4.69, 9.17) is 9.84 Å². The summed E-state index contributed by atoms with van der Waals surface area (Å²) in [7, 11) is 0. The maximum atomic E-state index is 11.5. The fourth-order valence-corrected chi connectivity index (χ4v) is 1.42. The molecule has 0 saturated carbocycles. The number of carbonyl (C=O) groups is 2. The molecule has 5 nitrogen and oxygen atoms in total. The molecule has 1 amide bonds. The molecule has 0 radical (unpaired) electrons. The Kier molecular flexibility index (Phi) is 5.51. The molecule has 0 heterocycles. The van der Waals surface area contributed by atoms with Crippen LogP contribution >= 0.6 is 0 Å². The molecule has 0 aliphatic carbocycles. The van der Waals surface area contributed by atoms with Crippen LogP contribution in [-0.2, 0) is 14.3 Å². The van der Waals surface area contributed by atoms with E-state index in [2.05, 4.69) is 19.2 Å². The predicted octanol–water partition coefficient (Wildman–Crippen LogP) is 2.24. The summed E-state index contributed by atoms with van der Waals surface area (Å²) in [5.74, 6) is -1.02. The number of rotatable bonds is 6. The Morgan fingerprint density at radius 3 is 2.26 bits per heavy atom. The Morgan fingerprint density at radius 1 is 1.21 bits per heavy atom. The first-order valence-corrected chi connectivity index (χ1v) is 6.14. The van der Waals surface area contributed by atoms with Gasteiger partial charge >= 0.3 is 5.97 Å². The SMILES string of the molecule is CC(C)c1ccc(NC(=O)CO[C@@H](C)C(=O)O)cc1. The number of hydrogen-bond donors (Lipinski definition) is 2. The molecule has 0 aliphatic rings. The van der Waals surface area contributed by atoms with Gasteiger partial charge in [-0.05, 0) is 30.5 Å². The van der Waals surface area contributed by atoms with Gasteiger partial charge in [0, 0.05) is 5.69 Å². The number of anilines is 1. The first kappa shape index (κ1) is 15.2. The van der Waals surface area contributed by atoms with Gasteiger partial charge in [-0.3, -0.25) is 4.79 Å². The molecule has 0 spiro atoms. The zero-order valence-corrected chi connectivity index (χ0v) is 11.3. The Hall–Kier alpha value is -1.88. The van der Waals surface area contributed by atoms with Crippen molar-refractivity contribution in [1.29, 1.82) is 0 Å². The van der Waals surface area contributed by atoms with Crippen molar-refractivity contribution in [3.05, 3.63) is 29.8 Å². The second-order valence-corrected chi connectivity index (χ2v) is 4.62. The summed E-state index contributed by atoms with van der Waals surface area (Å²) in [4.78, 5) is 22.0. The third-order valence-corrected chi connectivity index (χ3v) is 2.67. The Balaban J connectivity index is 2.46. The molecule has 5 heteroatoms. The lowest BCUT2D eigenvalue weighted by Crippen LogP contribution is -2.26. The Morgan fingerprint density at radius 2 is 1.79 bits per heavy atom. The number of nitrogens with one attached hydrogen (secondary N) is 1. The molecule has 1 rings (SSSR count). The number of amides is 1. The summed E-state index contributed by atoms with van der Waals surface area (Å²) in [6.07, 6.45) is -0.992. The van der Waals surface area contributed by atoms with Crippen LogP contribution < -0.4 is 5.32 Å². The van der Waals surface area contributed by atoms with Crippen molar-refractivity contribution in [2.45, 2.75) is 32.8 Å². The van der Waals surface area contributed by atoms with E-state index in [0.717, 1.165) is 0 Å². The van der Waals surface area contributed by atoms with Crippen LogP contribution in [0.2, 0.25) is 0 Å². The zero-order valence-electron chi connectivity index (χ0n) is 11.3. The molecular weight excluding hydrogens is 246 g/mol. The van der Waals surface area contributed by atoms with Gasteiger partial charge in [0.2, 0.25) is 5.91 Å². The highest BCUT2D eigenvalue weighted by Crippen LogP contribution is 2.16. The first-order valence-electron chi connectivity index (χ1n) is 6.14. The molecule has 1 atom stereocenters. The third-order valence-electron chi connectivity index (χ3n) is 2.67. The monoisotopic (exact) mass is 265 g/mol. The molecule has 0 saturated heterocycles. The van der Waals surface area contributed by atoms with Crippen LogP contribution in [0.5, 0.6) is 0 Å². The largest absolute Gasteiger partial charge is 0.479 e. The fraction of sp³-hybridized carbons (Fsp3) is 0.429. The van der Waals surface area contributed by atoms with Crippen molar-refractivity contribution in [2.75, 3.05) is 11.9 Å². The van der Waals surface area contributed by atoms with Gasteiger partial charge in [-0.25, -0.2) is 4.79 Å². The Bertz CT molecular complexity index is 439. The summed E-state index contributed by atoms with van der Waals surface area (Å²) in [5.41, 5.74) is 1.86. The maximum absolute atomic E-state index is 11.5. The number of carboxylic acid groups (broad SMARTS) is 1. The van der Waals surface area contributed by atoms with Crippen molar-refractivity contribution in [3.63, 3.8) is 0 Å². The number of hydrogen-bond acceptors (Lipinski definition) is 3. The topological polar surface area (TPSA) is 75.6 Å². The van der Waals surface area contributed by atoms with Crippen molar-refractivity contribution < 1.29 is 19.4 Å². The van der Waals surface area contributed by atoms with Gasteiger partial charge in [0.05, 0.1) is 0 Å². The quantitative estimate of drug-likeness (QED) is 0.827. The lowest BCUT2D eigenvalue weighted by Gasteiger charge is -2.10. The minimum atomic E-state index is -1.09. The molecule has 19 heavy (non-hydrogen) atoms. The highest BCUT2D eigenvalue weighted by molar-refractivity contribution is 5.91. The van der Waals surface area contributed by atoms with Crippen molar-refractivity contribution >= 4 is 17.6 Å². The van der Waals surface area contributed by atoms with Crippen LogP contribution in [0.15, 0.2) is 24.3 Å². The van der Waals surface area contributed by atoms with E-state index in [1.807, 2.05) is 24.3 Å². The van der Waals surface area contributed by atoms with Crippen molar-refractivity contribution in [3.8, 4) is 0 Å². The minimum Gasteiger partial charge on any atom is -0.479 e. The van der Waals surface area contributed by atoms with Crippen LogP contribution in [0.25, 0.3) is 0 Å². The average molecular weight is 265 g/mol. The fourth-order valence-electron chi connectivity index (χ4n) is 1.42. The predicted molar refractivity (Wildman–Crippen MR) is 72.2 cm³/mol. The van der Waals surface area contributed by atoms with E-state index in [0.29, 0.717) is 11.6 Å². The molecular formula is C14H19NO4. The number of ether oxygens (including phenoxy) is 1. The van der Waals surface area contributed by atoms with E-state index < -0.39 is 12.1 Å². The minimum absolute atomic E-state index is 0.278. The van der Waals surface area contributed by atoms with Crippen LogP contribution in [0.3, 0.4) is 0 Å². The van der Waals surface area contributed by atoms with E-state index in [1.54, 1.807) is 0 Å². The van der Waals surface area contributed by atoms with Gasteiger partial charge in [0.25, 0.3) is 0 Å². The van der Waals surface area contributed by atoms with Crippen LogP contribution in [0, 0.1) is 0 Å². The second kappa shape index (κ2) is 6.89. The van der Waals surface area contributed by atoms with Gasteiger partial charge in [0.1, 0.15) is 6.61 Å². The molecule has 104 valence electrons. The van der Waals surface area contributed by atoms with E-state index in [-0.39, 0.29) is 12.5 Å². The van der Waals surface area contributed by atoms with Crippen molar-refractivity contribution in [1.82, 2.24) is 0 Å². The van der Waals surface area contributed by atoms with Gasteiger partial charge in [0.15, 0.2) is 6.10 Å². The molecule has 0 aromatic heterocycles. The molecule has 1 aromatic carbocycles. The van der Waals surface area contributed by atoms with Gasteiger partial charge < -0.3 is 15.2 Å². The molecule has 0 aliphatic heterocycles. The van der Waals surface area contributed by atoms with E-state index in [1.165, 1.54) is 12.5 Å². The maximum Gasteiger partial charge on any atom is 0.332 e. The van der Waals surface area contributed by atoms with E-state index in [9.17, 15) is 9.59 Å². The molecule has 0 unspecified atom stereocenters. The summed E-state index contributed by atoms with van der Waals surface area (Å²) < 4.78 is 4.89. The molecule has 2 N–H and O–H groups in total. The number of aliphatic carboxylic acids is 1. The van der Waals surface area contributed by atoms with Crippen molar-refractivity contribution in [2.24, 2.45) is 0 Å². The summed E-state index contributed by atoms with van der Waals surface area (Å²) in [6.45, 7) is 5.29. The molecule has 0 bridgehead atoms. The van der Waals surface area contributed by atoms with Gasteiger partial charge in [-0.15, -0.1) is 0 Å². The summed E-state index contributed by atoms with van der Waals surface area (Å²) in [6, 6.07) is 7.52. The highest BCUT2D eigenvalue weighted by Gasteiger charge is 2.13. The first-order chi connectivity index (χ1) is 8.90. The van der Waals surface area contributed by atoms with Gasteiger partial charge in [-0.2, -0.15) is 0 Å². The zero-order chi connectivity index (χ0) is 14.4. The van der Waals surface area contributed by atoms with Crippen LogP contribution in [-0.4, -0.2) is 29.7 Å².